The lowest BCUT2D eigenvalue weighted by molar-refractivity contribution is 0.0930. The molecule has 0 aromatic carbocycles. The van der Waals surface area contributed by atoms with Crippen molar-refractivity contribution in [2.24, 2.45) is 5.92 Å². The summed E-state index contributed by atoms with van der Waals surface area (Å²) in [5, 5.41) is 5.14. The number of carbonyl (C=O) groups excluding carboxylic acids is 1. The van der Waals surface area contributed by atoms with Crippen molar-refractivity contribution in [1.82, 2.24) is 10.3 Å². The van der Waals surface area contributed by atoms with Crippen LogP contribution in [0, 0.1) is 12.8 Å². The van der Waals surface area contributed by atoms with E-state index < -0.39 is 0 Å². The molecule has 0 aliphatic rings. The zero-order valence-corrected chi connectivity index (χ0v) is 12.3. The van der Waals surface area contributed by atoms with Gasteiger partial charge in [-0.05, 0) is 24.3 Å². The second-order valence-electron chi connectivity index (χ2n) is 4.48. The molecule has 0 radical (unpaired) electrons. The minimum atomic E-state index is -0.0258. The van der Waals surface area contributed by atoms with Crippen molar-refractivity contribution >= 4 is 28.6 Å². The lowest BCUT2D eigenvalue weighted by atomic mass is 10.0. The summed E-state index contributed by atoms with van der Waals surface area (Å²) >= 11 is 3.06. The number of nitrogens with one attached hydrogen (secondary N) is 1. The van der Waals surface area contributed by atoms with Crippen LogP contribution in [0.5, 0.6) is 0 Å². The average molecular weight is 280 g/mol. The van der Waals surface area contributed by atoms with Gasteiger partial charge in [-0.3, -0.25) is 4.79 Å². The molecule has 96 valence electrons. The molecule has 0 saturated heterocycles. The summed E-state index contributed by atoms with van der Waals surface area (Å²) in [6.45, 7) is 6.09. The van der Waals surface area contributed by atoms with E-state index in [-0.39, 0.29) is 11.9 Å². The van der Waals surface area contributed by atoms with Gasteiger partial charge in [-0.15, -0.1) is 22.7 Å². The highest BCUT2D eigenvalue weighted by molar-refractivity contribution is 7.12. The molecule has 0 fully saturated rings. The van der Waals surface area contributed by atoms with Gasteiger partial charge in [0, 0.05) is 4.88 Å². The smallest absolute Gasteiger partial charge is 0.263 e. The maximum Gasteiger partial charge on any atom is 0.263 e. The fourth-order valence-electron chi connectivity index (χ4n) is 1.76. The number of rotatable bonds is 4. The van der Waals surface area contributed by atoms with Gasteiger partial charge in [-0.2, -0.15) is 0 Å². The molecular formula is C13H16N2OS2. The number of aryl methyl sites for hydroxylation is 1. The Balaban J connectivity index is 2.16. The van der Waals surface area contributed by atoms with Crippen LogP contribution in [0.25, 0.3) is 0 Å². The first-order valence-electron chi connectivity index (χ1n) is 5.84. The summed E-state index contributed by atoms with van der Waals surface area (Å²) in [6, 6.07) is 4.15. The van der Waals surface area contributed by atoms with Crippen LogP contribution in [-0.2, 0) is 0 Å². The first-order valence-corrected chi connectivity index (χ1v) is 7.60. The molecule has 0 aliphatic heterocycles. The van der Waals surface area contributed by atoms with Crippen LogP contribution in [0.1, 0.15) is 40.1 Å². The SMILES string of the molecule is Cc1ncsc1C(=O)NC(c1cccs1)C(C)C. The van der Waals surface area contributed by atoms with E-state index in [4.69, 9.17) is 0 Å². The predicted molar refractivity (Wildman–Crippen MR) is 76.2 cm³/mol. The zero-order chi connectivity index (χ0) is 13.1. The summed E-state index contributed by atoms with van der Waals surface area (Å²) < 4.78 is 0. The van der Waals surface area contributed by atoms with Crippen molar-refractivity contribution in [3.8, 4) is 0 Å². The molecule has 1 unspecified atom stereocenters. The number of hydrogen-bond acceptors (Lipinski definition) is 4. The maximum absolute atomic E-state index is 12.2. The van der Waals surface area contributed by atoms with E-state index in [0.29, 0.717) is 10.8 Å². The monoisotopic (exact) mass is 280 g/mol. The molecule has 5 heteroatoms. The number of thiophene rings is 1. The lowest BCUT2D eigenvalue weighted by Gasteiger charge is -2.20. The number of hydrogen-bond donors (Lipinski definition) is 1. The van der Waals surface area contributed by atoms with Crippen LogP contribution in [0.15, 0.2) is 23.0 Å². The molecule has 0 saturated carbocycles. The van der Waals surface area contributed by atoms with Gasteiger partial charge in [0.05, 0.1) is 17.2 Å². The van der Waals surface area contributed by atoms with Crippen LogP contribution in [0.2, 0.25) is 0 Å². The van der Waals surface area contributed by atoms with E-state index in [9.17, 15) is 4.79 Å². The van der Waals surface area contributed by atoms with Crippen LogP contribution in [0.4, 0.5) is 0 Å². The van der Waals surface area contributed by atoms with E-state index in [1.54, 1.807) is 16.8 Å². The molecule has 18 heavy (non-hydrogen) atoms. The Morgan fingerprint density at radius 2 is 2.17 bits per heavy atom. The minimum Gasteiger partial charge on any atom is -0.343 e. The van der Waals surface area contributed by atoms with Crippen LogP contribution in [0.3, 0.4) is 0 Å². The Morgan fingerprint density at radius 1 is 1.39 bits per heavy atom. The molecule has 0 spiro atoms. The molecule has 2 rings (SSSR count). The van der Waals surface area contributed by atoms with Crippen molar-refractivity contribution < 1.29 is 4.79 Å². The second-order valence-corrected chi connectivity index (χ2v) is 6.31. The van der Waals surface area contributed by atoms with Crippen molar-refractivity contribution in [2.75, 3.05) is 0 Å². The van der Waals surface area contributed by atoms with Gasteiger partial charge >= 0.3 is 0 Å². The topological polar surface area (TPSA) is 42.0 Å². The first-order chi connectivity index (χ1) is 8.59. The Hall–Kier alpha value is -1.20. The highest BCUT2D eigenvalue weighted by Gasteiger charge is 2.21. The van der Waals surface area contributed by atoms with Gasteiger partial charge in [0.2, 0.25) is 0 Å². The lowest BCUT2D eigenvalue weighted by Crippen LogP contribution is -2.31. The summed E-state index contributed by atoms with van der Waals surface area (Å²) in [5.41, 5.74) is 2.51. The van der Waals surface area contributed by atoms with Crippen LogP contribution in [-0.4, -0.2) is 10.9 Å². The van der Waals surface area contributed by atoms with Crippen molar-refractivity contribution in [3.63, 3.8) is 0 Å². The maximum atomic E-state index is 12.2. The fraction of sp³-hybridized carbons (Fsp3) is 0.385. The Kier molecular flexibility index (Phi) is 4.14. The third-order valence-corrected chi connectivity index (χ3v) is 4.64. The molecule has 0 bridgehead atoms. The minimum absolute atomic E-state index is 0.0258. The first kappa shape index (κ1) is 13.2. The van der Waals surface area contributed by atoms with Crippen molar-refractivity contribution in [1.29, 1.82) is 0 Å². The second kappa shape index (κ2) is 5.63. The van der Waals surface area contributed by atoms with Gasteiger partial charge in [0.25, 0.3) is 5.91 Å². The van der Waals surface area contributed by atoms with Crippen LogP contribution >= 0.6 is 22.7 Å². The number of nitrogens with zero attached hydrogens (tertiary/aromatic N) is 1. The average Bonchev–Trinajstić information content (AvgIpc) is 2.95. The summed E-state index contributed by atoms with van der Waals surface area (Å²) in [5.74, 6) is 0.336. The summed E-state index contributed by atoms with van der Waals surface area (Å²) in [4.78, 5) is 18.2. The summed E-state index contributed by atoms with van der Waals surface area (Å²) in [6.07, 6.45) is 0. The highest BCUT2D eigenvalue weighted by atomic mass is 32.1. The molecule has 1 N–H and O–H groups in total. The number of amides is 1. The van der Waals surface area contributed by atoms with E-state index in [1.165, 1.54) is 16.2 Å². The van der Waals surface area contributed by atoms with E-state index in [0.717, 1.165) is 5.69 Å². The number of aromatic nitrogens is 1. The molecule has 1 atom stereocenters. The normalized spacial score (nSPS) is 12.7. The predicted octanol–water partition coefficient (Wildman–Crippen LogP) is 3.64. The van der Waals surface area contributed by atoms with Gasteiger partial charge in [0.15, 0.2) is 0 Å². The van der Waals surface area contributed by atoms with Crippen molar-refractivity contribution in [3.05, 3.63) is 38.5 Å². The number of carbonyl (C=O) groups is 1. The summed E-state index contributed by atoms with van der Waals surface area (Å²) in [7, 11) is 0. The standard InChI is InChI=1S/C13H16N2OS2/c1-8(2)11(10-5-4-6-17-10)15-13(16)12-9(3)14-7-18-12/h4-8,11H,1-3H3,(H,15,16). The molecule has 3 nitrogen and oxygen atoms in total. The van der Waals surface area contributed by atoms with E-state index in [1.807, 2.05) is 18.4 Å². The third kappa shape index (κ3) is 2.79. The molecule has 2 aromatic heterocycles. The Morgan fingerprint density at radius 3 is 2.67 bits per heavy atom. The van der Waals surface area contributed by atoms with Gasteiger partial charge in [-0.25, -0.2) is 4.98 Å². The zero-order valence-electron chi connectivity index (χ0n) is 10.6. The van der Waals surface area contributed by atoms with E-state index >= 15 is 0 Å². The Bertz CT molecular complexity index is 517. The molecule has 1 amide bonds. The number of thiazole rings is 1. The molecule has 0 aliphatic carbocycles. The van der Waals surface area contributed by atoms with Gasteiger partial charge in [-0.1, -0.05) is 19.9 Å². The highest BCUT2D eigenvalue weighted by Crippen LogP contribution is 2.26. The van der Waals surface area contributed by atoms with Gasteiger partial charge < -0.3 is 5.32 Å². The molecule has 2 aromatic rings. The van der Waals surface area contributed by atoms with Crippen LogP contribution < -0.4 is 5.32 Å². The van der Waals surface area contributed by atoms with Gasteiger partial charge in [0.1, 0.15) is 4.88 Å². The largest absolute Gasteiger partial charge is 0.343 e. The molecular weight excluding hydrogens is 264 g/mol. The Labute approximate surface area is 115 Å². The van der Waals surface area contributed by atoms with Crippen molar-refractivity contribution in [2.45, 2.75) is 26.8 Å². The quantitative estimate of drug-likeness (QED) is 0.929. The van der Waals surface area contributed by atoms with E-state index in [2.05, 4.69) is 30.2 Å². The third-order valence-electron chi connectivity index (χ3n) is 2.75. The fourth-order valence-corrected chi connectivity index (χ4v) is 3.42. The molecule has 2 heterocycles.